The van der Waals surface area contributed by atoms with Crippen molar-refractivity contribution in [1.29, 1.82) is 0 Å². The van der Waals surface area contributed by atoms with E-state index in [4.69, 9.17) is 11.6 Å². The molecule has 0 aliphatic carbocycles. The molecule has 0 aliphatic rings. The Bertz CT molecular complexity index is 872. The lowest BCUT2D eigenvalue weighted by Crippen LogP contribution is -2.08. The molecule has 0 fully saturated rings. The summed E-state index contributed by atoms with van der Waals surface area (Å²) < 4.78 is 2.13. The summed E-state index contributed by atoms with van der Waals surface area (Å²) in [5.74, 6) is 2.51. The van der Waals surface area contributed by atoms with Gasteiger partial charge in [-0.25, -0.2) is 15.0 Å². The van der Waals surface area contributed by atoms with Crippen molar-refractivity contribution in [2.24, 2.45) is 0 Å². The van der Waals surface area contributed by atoms with Crippen LogP contribution in [0.5, 0.6) is 0 Å². The van der Waals surface area contributed by atoms with E-state index >= 15 is 0 Å². The maximum atomic E-state index is 6.24. The maximum absolute atomic E-state index is 6.24. The van der Waals surface area contributed by atoms with E-state index in [2.05, 4.69) is 56.0 Å². The highest BCUT2D eigenvalue weighted by atomic mass is 35.5. The van der Waals surface area contributed by atoms with Crippen LogP contribution in [0.2, 0.25) is 5.15 Å². The maximum Gasteiger partial charge on any atom is 0.138 e. The van der Waals surface area contributed by atoms with Crippen molar-refractivity contribution in [3.63, 3.8) is 0 Å². The van der Waals surface area contributed by atoms with Gasteiger partial charge in [-0.1, -0.05) is 42.8 Å². The second kappa shape index (κ2) is 7.66. The van der Waals surface area contributed by atoms with Gasteiger partial charge in [0.2, 0.25) is 0 Å². The van der Waals surface area contributed by atoms with Gasteiger partial charge in [0.1, 0.15) is 22.6 Å². The summed E-state index contributed by atoms with van der Waals surface area (Å²) in [7, 11) is 0. The molecular formula is C19H22ClN5. The first-order valence-electron chi connectivity index (χ1n) is 8.39. The Balaban J connectivity index is 1.74. The monoisotopic (exact) mass is 355 g/mol. The number of nitrogens with zero attached hydrogens (tertiary/aromatic N) is 4. The van der Waals surface area contributed by atoms with E-state index in [-0.39, 0.29) is 0 Å². The summed E-state index contributed by atoms with van der Waals surface area (Å²) in [6, 6.07) is 8.52. The Morgan fingerprint density at radius 1 is 1.16 bits per heavy atom. The minimum atomic E-state index is 0.529. The first-order valence-corrected chi connectivity index (χ1v) is 8.77. The molecule has 25 heavy (non-hydrogen) atoms. The molecule has 0 bridgehead atoms. The molecule has 3 rings (SSSR count). The van der Waals surface area contributed by atoms with Gasteiger partial charge in [-0.3, -0.25) is 0 Å². The Hall–Kier alpha value is -2.40. The zero-order chi connectivity index (χ0) is 17.8. The van der Waals surface area contributed by atoms with Gasteiger partial charge < -0.3 is 9.88 Å². The lowest BCUT2D eigenvalue weighted by molar-refractivity contribution is 0.760. The normalized spacial score (nSPS) is 10.9. The molecule has 2 heterocycles. The van der Waals surface area contributed by atoms with Gasteiger partial charge in [-0.05, 0) is 31.4 Å². The average Bonchev–Trinajstić information content (AvgIpc) is 2.98. The molecule has 3 aromatic rings. The molecule has 0 atom stereocenters. The van der Waals surface area contributed by atoms with Crippen LogP contribution in [0.25, 0.3) is 0 Å². The average molecular weight is 356 g/mol. The van der Waals surface area contributed by atoms with Gasteiger partial charge in [0.05, 0.1) is 0 Å². The summed E-state index contributed by atoms with van der Waals surface area (Å²) in [6.07, 6.45) is 4.62. The summed E-state index contributed by atoms with van der Waals surface area (Å²) in [5, 5.41) is 3.93. The van der Waals surface area contributed by atoms with Crippen LogP contribution in [0.3, 0.4) is 0 Å². The van der Waals surface area contributed by atoms with Crippen LogP contribution in [0.4, 0.5) is 5.82 Å². The van der Waals surface area contributed by atoms with Gasteiger partial charge in [0.25, 0.3) is 0 Å². The molecule has 130 valence electrons. The molecule has 0 aliphatic heterocycles. The number of hydrogen-bond donors (Lipinski definition) is 1. The third kappa shape index (κ3) is 4.17. The molecule has 6 heteroatoms. The molecule has 1 N–H and O–H groups in total. The quantitative estimate of drug-likeness (QED) is 0.674. The largest absolute Gasteiger partial charge is 0.366 e. The topological polar surface area (TPSA) is 55.6 Å². The van der Waals surface area contributed by atoms with Crippen molar-refractivity contribution in [2.45, 2.75) is 40.3 Å². The van der Waals surface area contributed by atoms with Gasteiger partial charge in [-0.15, -0.1) is 0 Å². The zero-order valence-electron chi connectivity index (χ0n) is 14.8. The van der Waals surface area contributed by atoms with Gasteiger partial charge in [-0.2, -0.15) is 0 Å². The zero-order valence-corrected chi connectivity index (χ0v) is 15.5. The molecule has 0 spiro atoms. The summed E-state index contributed by atoms with van der Waals surface area (Å²) in [6.45, 7) is 7.43. The number of anilines is 1. The van der Waals surface area contributed by atoms with Crippen LogP contribution in [0.1, 0.15) is 35.3 Å². The molecule has 0 amide bonds. The second-order valence-corrected chi connectivity index (χ2v) is 6.38. The van der Waals surface area contributed by atoms with E-state index in [0.717, 1.165) is 30.2 Å². The number of halogens is 1. The molecule has 5 nitrogen and oxygen atoms in total. The molecular weight excluding hydrogens is 334 g/mol. The van der Waals surface area contributed by atoms with Crippen molar-refractivity contribution in [2.75, 3.05) is 5.32 Å². The van der Waals surface area contributed by atoms with E-state index in [1.54, 1.807) is 0 Å². The Morgan fingerprint density at radius 3 is 2.68 bits per heavy atom. The van der Waals surface area contributed by atoms with E-state index < -0.39 is 0 Å². The lowest BCUT2D eigenvalue weighted by Gasteiger charge is -2.13. The Kier molecular flexibility index (Phi) is 5.34. The van der Waals surface area contributed by atoms with E-state index in [0.29, 0.717) is 17.5 Å². The number of rotatable bonds is 6. The van der Waals surface area contributed by atoms with Crippen LogP contribution >= 0.6 is 11.6 Å². The van der Waals surface area contributed by atoms with Gasteiger partial charge >= 0.3 is 0 Å². The number of nitrogens with one attached hydrogen (secondary N) is 1. The smallest absolute Gasteiger partial charge is 0.138 e. The van der Waals surface area contributed by atoms with Crippen LogP contribution in [-0.2, 0) is 19.5 Å². The van der Waals surface area contributed by atoms with Crippen LogP contribution in [0, 0.1) is 13.8 Å². The van der Waals surface area contributed by atoms with Gasteiger partial charge in [0, 0.05) is 31.0 Å². The molecule has 0 radical (unpaired) electrons. The fourth-order valence-electron chi connectivity index (χ4n) is 2.81. The Morgan fingerprint density at radius 2 is 1.96 bits per heavy atom. The minimum Gasteiger partial charge on any atom is -0.366 e. The third-order valence-electron chi connectivity index (χ3n) is 4.15. The number of benzene rings is 1. The second-order valence-electron chi connectivity index (χ2n) is 6.02. The summed E-state index contributed by atoms with van der Waals surface area (Å²) >= 11 is 6.24. The summed E-state index contributed by atoms with van der Waals surface area (Å²) in [5.41, 5.74) is 3.40. The first-order chi connectivity index (χ1) is 12.1. The molecule has 0 unspecified atom stereocenters. The SMILES string of the molecule is CCc1c(Cl)nc(C)nc1NCc1cccc(Cn2ccnc2C)c1. The molecule has 2 aromatic heterocycles. The van der Waals surface area contributed by atoms with Crippen molar-refractivity contribution >= 4 is 17.4 Å². The van der Waals surface area contributed by atoms with E-state index in [9.17, 15) is 0 Å². The highest BCUT2D eigenvalue weighted by Gasteiger charge is 2.10. The van der Waals surface area contributed by atoms with Crippen molar-refractivity contribution in [1.82, 2.24) is 19.5 Å². The number of aromatic nitrogens is 4. The lowest BCUT2D eigenvalue weighted by atomic mass is 10.1. The number of hydrogen-bond acceptors (Lipinski definition) is 4. The fraction of sp³-hybridized carbons (Fsp3) is 0.316. The number of aryl methyl sites for hydroxylation is 2. The highest BCUT2D eigenvalue weighted by Crippen LogP contribution is 2.22. The number of imidazole rings is 1. The van der Waals surface area contributed by atoms with Gasteiger partial charge in [0.15, 0.2) is 0 Å². The van der Waals surface area contributed by atoms with Crippen LogP contribution < -0.4 is 5.32 Å². The summed E-state index contributed by atoms with van der Waals surface area (Å²) in [4.78, 5) is 13.0. The molecule has 0 saturated carbocycles. The standard InChI is InChI=1S/C19H22ClN5/c1-4-17-18(20)23-13(2)24-19(17)22-11-15-6-5-7-16(10-15)12-25-9-8-21-14(25)3/h5-10H,4,11-12H2,1-3H3,(H,22,23,24). The predicted octanol–water partition coefficient (Wildman–Crippen LogP) is 4.17. The van der Waals surface area contributed by atoms with Crippen molar-refractivity contribution in [3.8, 4) is 0 Å². The fourth-order valence-corrected chi connectivity index (χ4v) is 3.16. The molecule has 0 saturated heterocycles. The minimum absolute atomic E-state index is 0.529. The molecule has 1 aromatic carbocycles. The van der Waals surface area contributed by atoms with Crippen molar-refractivity contribution in [3.05, 3.63) is 70.2 Å². The van der Waals surface area contributed by atoms with E-state index in [1.807, 2.05) is 26.2 Å². The van der Waals surface area contributed by atoms with E-state index in [1.165, 1.54) is 11.1 Å². The Labute approximate surface area is 153 Å². The first kappa shape index (κ1) is 17.4. The highest BCUT2D eigenvalue weighted by molar-refractivity contribution is 6.30. The van der Waals surface area contributed by atoms with Crippen LogP contribution in [0.15, 0.2) is 36.7 Å². The van der Waals surface area contributed by atoms with Crippen LogP contribution in [-0.4, -0.2) is 19.5 Å². The third-order valence-corrected chi connectivity index (χ3v) is 4.46. The predicted molar refractivity (Wildman–Crippen MR) is 101 cm³/mol. The van der Waals surface area contributed by atoms with Crippen molar-refractivity contribution < 1.29 is 0 Å².